The van der Waals surface area contributed by atoms with E-state index in [-0.39, 0.29) is 15.7 Å². The molecular formula is C22H19ClO5S. The van der Waals surface area contributed by atoms with Crippen molar-refractivity contribution in [3.63, 3.8) is 0 Å². The van der Waals surface area contributed by atoms with Gasteiger partial charge in [0, 0.05) is 13.0 Å². The Bertz CT molecular complexity index is 1140. The van der Waals surface area contributed by atoms with Gasteiger partial charge < -0.3 is 9.47 Å². The molecule has 29 heavy (non-hydrogen) atoms. The molecule has 0 aliphatic heterocycles. The maximum atomic E-state index is 12.0. The van der Waals surface area contributed by atoms with Crippen LogP contribution in [-0.2, 0) is 14.6 Å². The first-order valence-electron chi connectivity index (χ1n) is 8.87. The summed E-state index contributed by atoms with van der Waals surface area (Å²) in [6.07, 6.45) is 0. The predicted molar refractivity (Wildman–Crippen MR) is 112 cm³/mol. The van der Waals surface area contributed by atoms with Gasteiger partial charge >= 0.3 is 5.97 Å². The summed E-state index contributed by atoms with van der Waals surface area (Å²) in [5.41, 5.74) is 1.71. The van der Waals surface area contributed by atoms with Gasteiger partial charge in [-0.3, -0.25) is 4.79 Å². The molecule has 0 unspecified atom stereocenters. The molecule has 0 saturated carbocycles. The van der Waals surface area contributed by atoms with Crippen LogP contribution in [0.4, 0.5) is 0 Å². The highest BCUT2D eigenvalue weighted by Gasteiger charge is 2.15. The van der Waals surface area contributed by atoms with Gasteiger partial charge in [-0.25, -0.2) is 8.42 Å². The van der Waals surface area contributed by atoms with E-state index in [2.05, 4.69) is 0 Å². The maximum absolute atomic E-state index is 12.0. The van der Waals surface area contributed by atoms with Crippen molar-refractivity contribution in [1.82, 2.24) is 0 Å². The van der Waals surface area contributed by atoms with Crippen molar-refractivity contribution >= 4 is 27.4 Å². The van der Waals surface area contributed by atoms with Crippen LogP contribution in [0.15, 0.2) is 71.6 Å². The summed E-state index contributed by atoms with van der Waals surface area (Å²) < 4.78 is 35.2. The molecular weight excluding hydrogens is 412 g/mol. The minimum Gasteiger partial charge on any atom is -0.456 e. The lowest BCUT2D eigenvalue weighted by Crippen LogP contribution is -2.03. The highest BCUT2D eigenvalue weighted by atomic mass is 35.5. The minimum absolute atomic E-state index is 0.0194. The number of carbonyl (C=O) groups excluding carboxylic acids is 1. The van der Waals surface area contributed by atoms with Crippen molar-refractivity contribution in [2.24, 2.45) is 0 Å². The average Bonchev–Trinajstić information content (AvgIpc) is 2.69. The quantitative estimate of drug-likeness (QED) is 0.380. The first-order chi connectivity index (χ1) is 13.8. The lowest BCUT2D eigenvalue weighted by atomic mass is 10.1. The Morgan fingerprint density at radius 2 is 1.62 bits per heavy atom. The molecule has 0 bridgehead atoms. The Morgan fingerprint density at radius 1 is 0.931 bits per heavy atom. The zero-order valence-electron chi connectivity index (χ0n) is 15.9. The fourth-order valence-electron chi connectivity index (χ4n) is 2.70. The Kier molecular flexibility index (Phi) is 6.25. The number of esters is 1. The van der Waals surface area contributed by atoms with E-state index in [0.29, 0.717) is 17.2 Å². The Hall–Kier alpha value is -2.83. The van der Waals surface area contributed by atoms with Gasteiger partial charge in [0.25, 0.3) is 0 Å². The van der Waals surface area contributed by atoms with Crippen LogP contribution < -0.4 is 9.47 Å². The summed E-state index contributed by atoms with van der Waals surface area (Å²) in [7, 11) is -3.37. The van der Waals surface area contributed by atoms with Gasteiger partial charge in [0.2, 0.25) is 0 Å². The molecule has 0 fully saturated rings. The predicted octanol–water partition coefficient (Wildman–Crippen LogP) is 5.52. The molecule has 0 aliphatic rings. The van der Waals surface area contributed by atoms with Gasteiger partial charge in [0.1, 0.15) is 17.2 Å². The van der Waals surface area contributed by atoms with E-state index in [1.165, 1.54) is 25.1 Å². The number of benzene rings is 3. The van der Waals surface area contributed by atoms with Crippen LogP contribution >= 0.6 is 11.6 Å². The monoisotopic (exact) mass is 430 g/mol. The van der Waals surface area contributed by atoms with Gasteiger partial charge in [0.15, 0.2) is 9.84 Å². The largest absolute Gasteiger partial charge is 0.456 e. The highest BCUT2D eigenvalue weighted by Crippen LogP contribution is 2.36. The van der Waals surface area contributed by atoms with Crippen LogP contribution in [0.3, 0.4) is 0 Å². The van der Waals surface area contributed by atoms with E-state index < -0.39 is 15.8 Å². The Labute approximate surface area is 174 Å². The number of halogens is 1. The smallest absolute Gasteiger partial charge is 0.308 e. The zero-order chi connectivity index (χ0) is 21.0. The molecule has 3 rings (SSSR count). The molecule has 7 heteroatoms. The van der Waals surface area contributed by atoms with E-state index >= 15 is 0 Å². The number of rotatable bonds is 6. The van der Waals surface area contributed by atoms with Crippen molar-refractivity contribution in [2.45, 2.75) is 18.7 Å². The van der Waals surface area contributed by atoms with Gasteiger partial charge in [-0.15, -0.1) is 0 Å². The van der Waals surface area contributed by atoms with Crippen molar-refractivity contribution < 1.29 is 22.7 Å². The van der Waals surface area contributed by atoms with E-state index in [1.807, 2.05) is 30.3 Å². The number of carbonyl (C=O) groups is 1. The minimum atomic E-state index is -3.37. The second kappa shape index (κ2) is 8.68. The summed E-state index contributed by atoms with van der Waals surface area (Å²) in [4.78, 5) is 11.5. The molecule has 0 saturated heterocycles. The first-order valence-corrected chi connectivity index (χ1v) is 10.9. The average molecular weight is 431 g/mol. The first kappa shape index (κ1) is 20.9. The third-order valence-corrected chi connectivity index (χ3v) is 6.15. The van der Waals surface area contributed by atoms with Crippen LogP contribution in [0.5, 0.6) is 17.2 Å². The second-order valence-electron chi connectivity index (χ2n) is 6.25. The molecule has 0 amide bonds. The number of hydrogen-bond donors (Lipinski definition) is 0. The summed E-state index contributed by atoms with van der Waals surface area (Å²) >= 11 is 6.25. The van der Waals surface area contributed by atoms with Crippen LogP contribution in [0, 0.1) is 0 Å². The molecule has 5 nitrogen and oxygen atoms in total. The van der Waals surface area contributed by atoms with Crippen LogP contribution in [-0.4, -0.2) is 20.1 Å². The van der Waals surface area contributed by atoms with E-state index in [4.69, 9.17) is 21.1 Å². The normalized spacial score (nSPS) is 11.1. The van der Waals surface area contributed by atoms with E-state index in [1.54, 1.807) is 25.1 Å². The zero-order valence-corrected chi connectivity index (χ0v) is 17.5. The molecule has 150 valence electrons. The second-order valence-corrected chi connectivity index (χ2v) is 8.94. The standard InChI is InChI=1S/C22H19ClO5S/c1-3-29(25,26)20-9-10-22(21(23)14-20)28-19-12-17(16-7-5-4-6-8-16)11-18(13-19)27-15(2)24/h4-14H,3H2,1-2H3. The lowest BCUT2D eigenvalue weighted by molar-refractivity contribution is -0.131. The number of ether oxygens (including phenoxy) is 2. The maximum Gasteiger partial charge on any atom is 0.308 e. The molecule has 3 aromatic carbocycles. The van der Waals surface area contributed by atoms with Gasteiger partial charge in [-0.05, 0) is 41.5 Å². The Balaban J connectivity index is 1.99. The third-order valence-electron chi connectivity index (χ3n) is 4.12. The van der Waals surface area contributed by atoms with Gasteiger partial charge in [0.05, 0.1) is 15.7 Å². The van der Waals surface area contributed by atoms with Crippen molar-refractivity contribution in [3.05, 3.63) is 71.8 Å². The molecule has 0 radical (unpaired) electrons. The lowest BCUT2D eigenvalue weighted by Gasteiger charge is -2.13. The summed E-state index contributed by atoms with van der Waals surface area (Å²) in [5.74, 6) is 0.550. The van der Waals surface area contributed by atoms with Crippen molar-refractivity contribution in [1.29, 1.82) is 0 Å². The fourth-order valence-corrected chi connectivity index (χ4v) is 3.89. The molecule has 0 aliphatic carbocycles. The molecule has 0 heterocycles. The van der Waals surface area contributed by atoms with E-state index in [0.717, 1.165) is 11.1 Å². The van der Waals surface area contributed by atoms with E-state index in [9.17, 15) is 13.2 Å². The molecule has 0 N–H and O–H groups in total. The summed E-state index contributed by atoms with van der Waals surface area (Å²) in [6, 6.07) is 19.0. The summed E-state index contributed by atoms with van der Waals surface area (Å²) in [5, 5.41) is 0.165. The Morgan fingerprint density at radius 3 is 2.24 bits per heavy atom. The SMILES string of the molecule is CCS(=O)(=O)c1ccc(Oc2cc(OC(C)=O)cc(-c3ccccc3)c2)c(Cl)c1. The third kappa shape index (κ3) is 5.16. The van der Waals surface area contributed by atoms with Gasteiger partial charge in [-0.1, -0.05) is 48.9 Å². The topological polar surface area (TPSA) is 69.7 Å². The van der Waals surface area contributed by atoms with Crippen LogP contribution in [0.25, 0.3) is 11.1 Å². The number of hydrogen-bond acceptors (Lipinski definition) is 5. The highest BCUT2D eigenvalue weighted by molar-refractivity contribution is 7.91. The molecule has 0 atom stereocenters. The fraction of sp³-hybridized carbons (Fsp3) is 0.136. The van der Waals surface area contributed by atoms with Crippen molar-refractivity contribution in [3.8, 4) is 28.4 Å². The molecule has 0 aromatic heterocycles. The van der Waals surface area contributed by atoms with Crippen molar-refractivity contribution in [2.75, 3.05) is 5.75 Å². The molecule has 0 spiro atoms. The van der Waals surface area contributed by atoms with Crippen LogP contribution in [0.2, 0.25) is 5.02 Å². The van der Waals surface area contributed by atoms with Gasteiger partial charge in [-0.2, -0.15) is 0 Å². The summed E-state index contributed by atoms with van der Waals surface area (Å²) in [6.45, 7) is 2.89. The molecule has 3 aromatic rings. The van der Waals surface area contributed by atoms with Crippen LogP contribution in [0.1, 0.15) is 13.8 Å². The number of sulfone groups is 1.